The third kappa shape index (κ3) is 3.33. The Hall–Kier alpha value is -1.66. The summed E-state index contributed by atoms with van der Waals surface area (Å²) in [5.41, 5.74) is 1.98. The molecule has 0 aliphatic heterocycles. The molecule has 1 amide bonds. The zero-order chi connectivity index (χ0) is 15.6. The van der Waals surface area contributed by atoms with Crippen molar-refractivity contribution < 1.29 is 14.4 Å². The van der Waals surface area contributed by atoms with Crippen molar-refractivity contribution in [2.45, 2.75) is 13.8 Å². The second-order valence-corrected chi connectivity index (χ2v) is 6.36. The SMILES string of the molecule is COc1ccc(C)c2sc(N(CC[NH+](C)C)C(C)=O)nc12. The third-order valence-electron chi connectivity index (χ3n) is 3.36. The molecule has 114 valence electrons. The molecule has 21 heavy (non-hydrogen) atoms. The lowest BCUT2D eigenvalue weighted by Gasteiger charge is -2.18. The first-order valence-corrected chi connectivity index (χ1v) is 7.77. The molecule has 0 unspecified atom stereocenters. The standard InChI is InChI=1S/C15H21N3O2S/c1-10-6-7-12(20-5)13-14(10)21-15(16-13)18(11(2)19)9-8-17(3)4/h6-7H,8-9H2,1-5H3/p+1. The van der Waals surface area contributed by atoms with Gasteiger partial charge in [0.25, 0.3) is 0 Å². The first kappa shape index (κ1) is 15.7. The number of aromatic nitrogens is 1. The predicted octanol–water partition coefficient (Wildman–Crippen LogP) is 1.11. The normalized spacial score (nSPS) is 11.1. The molecule has 1 aromatic heterocycles. The summed E-state index contributed by atoms with van der Waals surface area (Å²) in [6, 6.07) is 3.94. The van der Waals surface area contributed by atoms with Gasteiger partial charge in [-0.15, -0.1) is 0 Å². The van der Waals surface area contributed by atoms with Gasteiger partial charge in [0.2, 0.25) is 5.91 Å². The van der Waals surface area contributed by atoms with Crippen molar-refractivity contribution >= 4 is 32.6 Å². The number of likely N-dealkylation sites (N-methyl/N-ethyl adjacent to an activating group) is 1. The van der Waals surface area contributed by atoms with Crippen LogP contribution in [0.25, 0.3) is 10.2 Å². The Morgan fingerprint density at radius 1 is 1.43 bits per heavy atom. The number of rotatable bonds is 5. The second kappa shape index (κ2) is 6.41. The zero-order valence-corrected chi connectivity index (χ0v) is 14.0. The molecule has 0 bridgehead atoms. The number of carbonyl (C=O) groups is 1. The summed E-state index contributed by atoms with van der Waals surface area (Å²) in [6.45, 7) is 5.18. The zero-order valence-electron chi connectivity index (χ0n) is 13.2. The van der Waals surface area contributed by atoms with Crippen LogP contribution in [0.5, 0.6) is 5.75 Å². The molecular formula is C15H22N3O2S+. The minimum atomic E-state index is 0.0203. The van der Waals surface area contributed by atoms with Gasteiger partial charge in [-0.1, -0.05) is 17.4 Å². The van der Waals surface area contributed by atoms with Gasteiger partial charge in [0, 0.05) is 6.92 Å². The minimum Gasteiger partial charge on any atom is -0.494 e. The van der Waals surface area contributed by atoms with E-state index < -0.39 is 0 Å². The van der Waals surface area contributed by atoms with Gasteiger partial charge < -0.3 is 9.64 Å². The number of hydrogen-bond acceptors (Lipinski definition) is 4. The van der Waals surface area contributed by atoms with E-state index in [-0.39, 0.29) is 5.91 Å². The quantitative estimate of drug-likeness (QED) is 0.900. The summed E-state index contributed by atoms with van der Waals surface area (Å²) in [6.07, 6.45) is 0. The van der Waals surface area contributed by atoms with Gasteiger partial charge in [-0.05, 0) is 18.6 Å². The van der Waals surface area contributed by atoms with Crippen LogP contribution in [-0.4, -0.2) is 45.2 Å². The Labute approximate surface area is 129 Å². The number of anilines is 1. The van der Waals surface area contributed by atoms with Crippen LogP contribution in [0.2, 0.25) is 0 Å². The van der Waals surface area contributed by atoms with Crippen LogP contribution in [0.3, 0.4) is 0 Å². The summed E-state index contributed by atoms with van der Waals surface area (Å²) < 4.78 is 6.45. The van der Waals surface area contributed by atoms with Crippen LogP contribution in [0.4, 0.5) is 5.13 Å². The maximum absolute atomic E-state index is 11.9. The first-order valence-electron chi connectivity index (χ1n) is 6.95. The molecule has 1 heterocycles. The number of amides is 1. The predicted molar refractivity (Wildman–Crippen MR) is 86.6 cm³/mol. The molecule has 2 rings (SSSR count). The number of ether oxygens (including phenoxy) is 1. The van der Waals surface area contributed by atoms with Gasteiger partial charge >= 0.3 is 0 Å². The molecule has 1 aromatic carbocycles. The lowest BCUT2D eigenvalue weighted by atomic mass is 10.2. The lowest BCUT2D eigenvalue weighted by Crippen LogP contribution is -3.06. The molecule has 0 saturated heterocycles. The Bertz CT molecular complexity index is 652. The largest absolute Gasteiger partial charge is 0.494 e. The number of methoxy groups -OCH3 is 1. The van der Waals surface area contributed by atoms with E-state index in [1.54, 1.807) is 30.3 Å². The average molecular weight is 308 g/mol. The van der Waals surface area contributed by atoms with Crippen molar-refractivity contribution in [3.8, 4) is 5.75 Å². The number of quaternary nitrogens is 1. The van der Waals surface area contributed by atoms with Crippen LogP contribution in [0.15, 0.2) is 12.1 Å². The van der Waals surface area contributed by atoms with Gasteiger partial charge in [0.1, 0.15) is 11.3 Å². The molecule has 6 heteroatoms. The maximum atomic E-state index is 11.9. The van der Waals surface area contributed by atoms with Crippen LogP contribution in [0, 0.1) is 6.92 Å². The minimum absolute atomic E-state index is 0.0203. The Morgan fingerprint density at radius 2 is 2.14 bits per heavy atom. The number of thiazole rings is 1. The maximum Gasteiger partial charge on any atom is 0.225 e. The summed E-state index contributed by atoms with van der Waals surface area (Å²) in [4.78, 5) is 19.6. The fourth-order valence-electron chi connectivity index (χ4n) is 2.10. The van der Waals surface area contributed by atoms with E-state index in [0.717, 1.165) is 33.2 Å². The number of hydrogen-bond donors (Lipinski definition) is 1. The summed E-state index contributed by atoms with van der Waals surface area (Å²) in [5.74, 6) is 0.770. The second-order valence-electron chi connectivity index (χ2n) is 5.39. The average Bonchev–Trinajstić information content (AvgIpc) is 2.84. The van der Waals surface area contributed by atoms with E-state index in [2.05, 4.69) is 19.1 Å². The van der Waals surface area contributed by atoms with E-state index in [1.165, 1.54) is 4.90 Å². The molecule has 0 aliphatic carbocycles. The molecule has 0 atom stereocenters. The summed E-state index contributed by atoms with van der Waals surface area (Å²) >= 11 is 1.55. The molecule has 0 saturated carbocycles. The number of fused-ring (bicyclic) bond motifs is 1. The van der Waals surface area contributed by atoms with Crippen molar-refractivity contribution in [3.05, 3.63) is 17.7 Å². The van der Waals surface area contributed by atoms with Crippen LogP contribution in [0.1, 0.15) is 12.5 Å². The van der Waals surface area contributed by atoms with E-state index in [0.29, 0.717) is 6.54 Å². The van der Waals surface area contributed by atoms with Crippen molar-refractivity contribution in [3.63, 3.8) is 0 Å². The fourth-order valence-corrected chi connectivity index (χ4v) is 3.22. The highest BCUT2D eigenvalue weighted by Gasteiger charge is 2.19. The number of nitrogens with one attached hydrogen (secondary N) is 1. The topological polar surface area (TPSA) is 46.9 Å². The highest BCUT2D eigenvalue weighted by Crippen LogP contribution is 2.36. The smallest absolute Gasteiger partial charge is 0.225 e. The van der Waals surface area contributed by atoms with E-state index in [4.69, 9.17) is 4.74 Å². The number of carbonyl (C=O) groups excluding carboxylic acids is 1. The highest BCUT2D eigenvalue weighted by atomic mass is 32.1. The Balaban J connectivity index is 2.44. The Morgan fingerprint density at radius 3 is 2.71 bits per heavy atom. The molecule has 1 N–H and O–H groups in total. The van der Waals surface area contributed by atoms with Crippen molar-refractivity contribution in [2.75, 3.05) is 39.2 Å². The van der Waals surface area contributed by atoms with E-state index in [9.17, 15) is 4.79 Å². The molecule has 2 aromatic rings. The van der Waals surface area contributed by atoms with Crippen LogP contribution < -0.4 is 14.5 Å². The van der Waals surface area contributed by atoms with E-state index >= 15 is 0 Å². The van der Waals surface area contributed by atoms with Crippen LogP contribution in [-0.2, 0) is 4.79 Å². The number of nitrogens with zero attached hydrogens (tertiary/aromatic N) is 2. The monoisotopic (exact) mass is 308 g/mol. The van der Waals surface area contributed by atoms with E-state index in [1.807, 2.05) is 19.1 Å². The van der Waals surface area contributed by atoms with Crippen LogP contribution >= 0.6 is 11.3 Å². The summed E-state index contributed by atoms with van der Waals surface area (Å²) in [7, 11) is 5.79. The fraction of sp³-hybridized carbons (Fsp3) is 0.467. The van der Waals surface area contributed by atoms with Gasteiger partial charge in [0.05, 0.1) is 39.0 Å². The molecule has 5 nitrogen and oxygen atoms in total. The Kier molecular flexibility index (Phi) is 4.80. The summed E-state index contributed by atoms with van der Waals surface area (Å²) in [5, 5.41) is 0.742. The highest BCUT2D eigenvalue weighted by molar-refractivity contribution is 7.22. The number of aryl methyl sites for hydroxylation is 1. The molecule has 0 aliphatic rings. The van der Waals surface area contributed by atoms with Crippen molar-refractivity contribution in [1.29, 1.82) is 0 Å². The molecule has 0 radical (unpaired) electrons. The molecule has 0 fully saturated rings. The third-order valence-corrected chi connectivity index (χ3v) is 4.57. The van der Waals surface area contributed by atoms with Crippen molar-refractivity contribution in [1.82, 2.24) is 4.98 Å². The first-order chi connectivity index (χ1) is 9.93. The molecular weight excluding hydrogens is 286 g/mol. The van der Waals surface area contributed by atoms with Gasteiger partial charge in [-0.3, -0.25) is 9.69 Å². The lowest BCUT2D eigenvalue weighted by molar-refractivity contribution is -0.856. The van der Waals surface area contributed by atoms with Gasteiger partial charge in [0.15, 0.2) is 5.13 Å². The van der Waals surface area contributed by atoms with Gasteiger partial charge in [-0.25, -0.2) is 4.98 Å². The number of benzene rings is 1. The van der Waals surface area contributed by atoms with Crippen molar-refractivity contribution in [2.24, 2.45) is 0 Å². The van der Waals surface area contributed by atoms with Gasteiger partial charge in [-0.2, -0.15) is 0 Å². The molecule has 0 spiro atoms.